The summed E-state index contributed by atoms with van der Waals surface area (Å²) in [6, 6.07) is 3.52. The summed E-state index contributed by atoms with van der Waals surface area (Å²) in [6.07, 6.45) is 2.34. The first-order valence-corrected chi connectivity index (χ1v) is 8.67. The van der Waals surface area contributed by atoms with Crippen LogP contribution in [0.4, 0.5) is 10.1 Å². The van der Waals surface area contributed by atoms with Gasteiger partial charge in [-0.15, -0.1) is 6.58 Å². The van der Waals surface area contributed by atoms with Gasteiger partial charge < -0.3 is 10.1 Å². The Morgan fingerprint density at radius 1 is 1.39 bits per heavy atom. The zero-order chi connectivity index (χ0) is 16.9. The van der Waals surface area contributed by atoms with E-state index in [2.05, 4.69) is 11.9 Å². The van der Waals surface area contributed by atoms with E-state index in [1.807, 2.05) is 0 Å². The molecule has 1 saturated heterocycles. The van der Waals surface area contributed by atoms with Gasteiger partial charge in [0, 0.05) is 25.2 Å². The first-order chi connectivity index (χ1) is 10.9. The molecule has 0 unspecified atom stereocenters. The smallest absolute Gasteiger partial charge is 0.246 e. The highest BCUT2D eigenvalue weighted by Crippen LogP contribution is 2.24. The van der Waals surface area contributed by atoms with Crippen LogP contribution in [0.25, 0.3) is 0 Å². The number of rotatable bonds is 6. The number of nitrogens with one attached hydrogen (secondary N) is 1. The Morgan fingerprint density at radius 2 is 2.09 bits per heavy atom. The molecule has 0 aliphatic carbocycles. The predicted octanol–water partition coefficient (Wildman–Crippen LogP) is 1.75. The molecule has 1 aromatic rings. The zero-order valence-electron chi connectivity index (χ0n) is 12.6. The topological polar surface area (TPSA) is 75.7 Å². The Hall–Kier alpha value is -1.77. The number of halogens is 1. The third-order valence-corrected chi connectivity index (χ3v) is 5.29. The van der Waals surface area contributed by atoms with Crippen molar-refractivity contribution in [2.24, 2.45) is 0 Å². The molecule has 23 heavy (non-hydrogen) atoms. The van der Waals surface area contributed by atoms with E-state index in [-0.39, 0.29) is 44.3 Å². The van der Waals surface area contributed by atoms with Gasteiger partial charge in [-0.25, -0.2) is 12.8 Å². The van der Waals surface area contributed by atoms with Crippen molar-refractivity contribution in [1.29, 1.82) is 0 Å². The van der Waals surface area contributed by atoms with Crippen LogP contribution in [0.15, 0.2) is 35.7 Å². The number of amides is 1. The van der Waals surface area contributed by atoms with E-state index in [1.165, 1.54) is 10.4 Å². The number of anilines is 1. The molecule has 0 bridgehead atoms. The lowest BCUT2D eigenvalue weighted by Gasteiger charge is -2.26. The van der Waals surface area contributed by atoms with E-state index in [0.717, 1.165) is 12.1 Å². The SMILES string of the molecule is C=CCCC(=O)Nc1ccc(F)c(S(=O)(=O)N2CCOCC2)c1. The second-order valence-corrected chi connectivity index (χ2v) is 6.94. The summed E-state index contributed by atoms with van der Waals surface area (Å²) in [7, 11) is -3.96. The van der Waals surface area contributed by atoms with Crippen LogP contribution in [0.5, 0.6) is 0 Å². The molecule has 0 saturated carbocycles. The molecule has 1 fully saturated rings. The van der Waals surface area contributed by atoms with Crippen LogP contribution in [0.3, 0.4) is 0 Å². The van der Waals surface area contributed by atoms with Gasteiger partial charge in [0.05, 0.1) is 13.2 Å². The Kier molecular flexibility index (Phi) is 5.86. The number of sulfonamides is 1. The highest BCUT2D eigenvalue weighted by Gasteiger charge is 2.29. The van der Waals surface area contributed by atoms with Crippen LogP contribution in [-0.4, -0.2) is 44.9 Å². The van der Waals surface area contributed by atoms with Gasteiger partial charge in [-0.2, -0.15) is 4.31 Å². The summed E-state index contributed by atoms with van der Waals surface area (Å²) in [5, 5.41) is 2.56. The molecular weight excluding hydrogens is 323 g/mol. The van der Waals surface area contributed by atoms with Gasteiger partial charge in [0.25, 0.3) is 0 Å². The van der Waals surface area contributed by atoms with Crippen LogP contribution in [-0.2, 0) is 19.6 Å². The average molecular weight is 342 g/mol. The lowest BCUT2D eigenvalue weighted by molar-refractivity contribution is -0.116. The van der Waals surface area contributed by atoms with Crippen molar-refractivity contribution in [3.05, 3.63) is 36.7 Å². The number of carbonyl (C=O) groups is 1. The van der Waals surface area contributed by atoms with Crippen molar-refractivity contribution in [1.82, 2.24) is 4.31 Å². The summed E-state index contributed by atoms with van der Waals surface area (Å²) < 4.78 is 45.3. The maximum atomic E-state index is 14.0. The van der Waals surface area contributed by atoms with Crippen LogP contribution in [0.1, 0.15) is 12.8 Å². The Labute approximate surface area is 135 Å². The maximum Gasteiger partial charge on any atom is 0.246 e. The molecule has 0 radical (unpaired) electrons. The number of allylic oxidation sites excluding steroid dienone is 1. The van der Waals surface area contributed by atoms with E-state index in [4.69, 9.17) is 4.74 Å². The van der Waals surface area contributed by atoms with Crippen LogP contribution < -0.4 is 5.32 Å². The van der Waals surface area contributed by atoms with Crippen LogP contribution in [0.2, 0.25) is 0 Å². The second kappa shape index (κ2) is 7.67. The minimum Gasteiger partial charge on any atom is -0.379 e. The van der Waals surface area contributed by atoms with Gasteiger partial charge in [-0.05, 0) is 24.6 Å². The highest BCUT2D eigenvalue weighted by atomic mass is 32.2. The third-order valence-electron chi connectivity index (χ3n) is 3.38. The molecule has 2 rings (SSSR count). The number of hydrogen-bond donors (Lipinski definition) is 1. The Balaban J connectivity index is 2.22. The molecule has 1 aliphatic heterocycles. The lowest BCUT2D eigenvalue weighted by Crippen LogP contribution is -2.40. The minimum atomic E-state index is -3.96. The molecule has 1 aliphatic rings. The fourth-order valence-electron chi connectivity index (χ4n) is 2.16. The summed E-state index contributed by atoms with van der Waals surface area (Å²) >= 11 is 0. The summed E-state index contributed by atoms with van der Waals surface area (Å²) in [6.45, 7) is 4.43. The van der Waals surface area contributed by atoms with Gasteiger partial charge in [0.15, 0.2) is 0 Å². The molecular formula is C15H19FN2O4S. The highest BCUT2D eigenvalue weighted by molar-refractivity contribution is 7.89. The van der Waals surface area contributed by atoms with E-state index < -0.39 is 20.7 Å². The van der Waals surface area contributed by atoms with Crippen molar-refractivity contribution >= 4 is 21.6 Å². The maximum absolute atomic E-state index is 14.0. The summed E-state index contributed by atoms with van der Waals surface area (Å²) in [5.74, 6) is -1.13. The number of benzene rings is 1. The molecule has 0 aromatic heterocycles. The second-order valence-electron chi connectivity index (χ2n) is 5.04. The van der Waals surface area contributed by atoms with Crippen molar-refractivity contribution < 1.29 is 22.3 Å². The van der Waals surface area contributed by atoms with Gasteiger partial charge in [-0.3, -0.25) is 4.79 Å². The number of hydrogen-bond acceptors (Lipinski definition) is 4. The first kappa shape index (κ1) is 17.6. The third kappa shape index (κ3) is 4.37. The van der Waals surface area contributed by atoms with Crippen molar-refractivity contribution in [3.8, 4) is 0 Å². The van der Waals surface area contributed by atoms with Gasteiger partial charge in [0.2, 0.25) is 15.9 Å². The van der Waals surface area contributed by atoms with Crippen LogP contribution in [0, 0.1) is 5.82 Å². The molecule has 1 amide bonds. The minimum absolute atomic E-state index is 0.178. The lowest BCUT2D eigenvalue weighted by atomic mass is 10.2. The Morgan fingerprint density at radius 3 is 2.74 bits per heavy atom. The van der Waals surface area contributed by atoms with Crippen LogP contribution >= 0.6 is 0 Å². The number of nitrogens with zero attached hydrogens (tertiary/aromatic N) is 1. The zero-order valence-corrected chi connectivity index (χ0v) is 13.4. The van der Waals surface area contributed by atoms with E-state index in [1.54, 1.807) is 6.08 Å². The average Bonchev–Trinajstić information content (AvgIpc) is 2.55. The first-order valence-electron chi connectivity index (χ1n) is 7.23. The molecule has 0 spiro atoms. The molecule has 1 aromatic carbocycles. The summed E-state index contributed by atoms with van der Waals surface area (Å²) in [4.78, 5) is 11.2. The fraction of sp³-hybridized carbons (Fsp3) is 0.400. The van der Waals surface area contributed by atoms with Crippen molar-refractivity contribution in [2.75, 3.05) is 31.6 Å². The molecule has 1 heterocycles. The normalized spacial score (nSPS) is 16.0. The monoisotopic (exact) mass is 342 g/mol. The molecule has 1 N–H and O–H groups in total. The van der Waals surface area contributed by atoms with Crippen molar-refractivity contribution in [2.45, 2.75) is 17.7 Å². The van der Waals surface area contributed by atoms with E-state index in [9.17, 15) is 17.6 Å². The number of ether oxygens (including phenoxy) is 1. The van der Waals surface area contributed by atoms with Gasteiger partial charge in [-0.1, -0.05) is 6.08 Å². The number of morpholine rings is 1. The largest absolute Gasteiger partial charge is 0.379 e. The van der Waals surface area contributed by atoms with E-state index >= 15 is 0 Å². The molecule has 6 nitrogen and oxygen atoms in total. The molecule has 0 atom stereocenters. The standard InChI is InChI=1S/C15H19FN2O4S/c1-2-3-4-15(19)17-12-5-6-13(16)14(11-12)23(20,21)18-7-9-22-10-8-18/h2,5-6,11H,1,3-4,7-10H2,(H,17,19). The van der Waals surface area contributed by atoms with Crippen molar-refractivity contribution in [3.63, 3.8) is 0 Å². The predicted molar refractivity (Wildman–Crippen MR) is 84.0 cm³/mol. The quantitative estimate of drug-likeness (QED) is 0.799. The van der Waals surface area contributed by atoms with Gasteiger partial charge >= 0.3 is 0 Å². The Bertz CT molecular complexity index is 685. The van der Waals surface area contributed by atoms with E-state index in [0.29, 0.717) is 6.42 Å². The van der Waals surface area contributed by atoms with Gasteiger partial charge in [0.1, 0.15) is 10.7 Å². The molecule has 8 heteroatoms. The number of carbonyl (C=O) groups excluding carboxylic acids is 1. The molecule has 126 valence electrons. The fourth-order valence-corrected chi connectivity index (χ4v) is 3.66. The summed E-state index contributed by atoms with van der Waals surface area (Å²) in [5.41, 5.74) is 0.243.